The highest BCUT2D eigenvalue weighted by Crippen LogP contribution is 2.32. The molecule has 3 N–H and O–H groups in total. The molecule has 0 heterocycles. The van der Waals surface area contributed by atoms with E-state index in [0.29, 0.717) is 5.56 Å². The van der Waals surface area contributed by atoms with Crippen molar-refractivity contribution >= 4 is 24.0 Å². The van der Waals surface area contributed by atoms with Gasteiger partial charge in [-0.25, -0.2) is 0 Å². The van der Waals surface area contributed by atoms with E-state index in [-0.39, 0.29) is 42.9 Å². The van der Waals surface area contributed by atoms with Gasteiger partial charge in [0.2, 0.25) is 5.91 Å². The Labute approximate surface area is 122 Å². The molecule has 20 heavy (non-hydrogen) atoms. The molecule has 0 atom stereocenters. The molecule has 0 fully saturated rings. The molecule has 3 nitrogen and oxygen atoms in total. The molecule has 1 aromatic rings. The monoisotopic (exact) mass is 310 g/mol. The Bertz CT molecular complexity index is 461. The number of carbonyl (C=O) groups is 1. The fraction of sp³-hybridized carbons (Fsp3) is 0.462. The number of hydrogen-bond acceptors (Lipinski definition) is 2. The second-order valence-corrected chi connectivity index (χ2v) is 4.77. The molecule has 0 aliphatic heterocycles. The second-order valence-electron chi connectivity index (χ2n) is 4.77. The number of amides is 1. The molecular weight excluding hydrogens is 293 g/mol. The molecule has 0 radical (unpaired) electrons. The van der Waals surface area contributed by atoms with Gasteiger partial charge in [0.15, 0.2) is 0 Å². The topological polar surface area (TPSA) is 55.1 Å². The Hall–Kier alpha value is -1.27. The van der Waals surface area contributed by atoms with Crippen LogP contribution in [0.3, 0.4) is 0 Å². The first kappa shape index (κ1) is 18.7. The first-order chi connectivity index (χ1) is 8.72. The molecule has 1 aromatic carbocycles. The lowest BCUT2D eigenvalue weighted by molar-refractivity contribution is -0.137. The number of nitrogens with two attached hydrogens (primary N) is 1. The minimum Gasteiger partial charge on any atom is -0.326 e. The first-order valence-electron chi connectivity index (χ1n) is 5.93. The van der Waals surface area contributed by atoms with Crippen LogP contribution in [0, 0.1) is 5.92 Å². The number of hydrogen-bond donors (Lipinski definition) is 2. The lowest BCUT2D eigenvalue weighted by Gasteiger charge is -2.13. The van der Waals surface area contributed by atoms with Gasteiger partial charge in [-0.2, -0.15) is 13.2 Å². The normalized spacial score (nSPS) is 11.2. The Morgan fingerprint density at radius 1 is 1.30 bits per heavy atom. The van der Waals surface area contributed by atoms with E-state index in [1.54, 1.807) is 0 Å². The molecule has 0 saturated heterocycles. The first-order valence-corrected chi connectivity index (χ1v) is 5.93. The molecule has 0 spiro atoms. The molecule has 0 aliphatic carbocycles. The van der Waals surface area contributed by atoms with Crippen LogP contribution in [0.2, 0.25) is 0 Å². The zero-order chi connectivity index (χ0) is 14.6. The van der Waals surface area contributed by atoms with E-state index in [4.69, 9.17) is 5.73 Å². The number of halogens is 4. The van der Waals surface area contributed by atoms with Crippen molar-refractivity contribution in [3.05, 3.63) is 29.3 Å². The van der Waals surface area contributed by atoms with Gasteiger partial charge in [-0.15, -0.1) is 12.4 Å². The highest BCUT2D eigenvalue weighted by Gasteiger charge is 2.31. The number of carbonyl (C=O) groups excluding carboxylic acids is 1. The average molecular weight is 311 g/mol. The maximum absolute atomic E-state index is 12.7. The number of anilines is 1. The smallest absolute Gasteiger partial charge is 0.326 e. The summed E-state index contributed by atoms with van der Waals surface area (Å²) in [6.07, 6.45) is -4.20. The van der Waals surface area contributed by atoms with Crippen LogP contribution in [0.25, 0.3) is 0 Å². The zero-order valence-electron chi connectivity index (χ0n) is 11.3. The summed E-state index contributed by atoms with van der Waals surface area (Å²) in [5, 5.41) is 2.47. The molecule has 0 aromatic heterocycles. The number of rotatable bonds is 4. The van der Waals surface area contributed by atoms with E-state index in [9.17, 15) is 18.0 Å². The predicted octanol–water partition coefficient (Wildman–Crippen LogP) is 3.57. The molecule has 1 amide bonds. The lowest BCUT2D eigenvalue weighted by Crippen LogP contribution is -2.15. The zero-order valence-corrected chi connectivity index (χ0v) is 12.1. The van der Waals surface area contributed by atoms with Gasteiger partial charge < -0.3 is 11.1 Å². The van der Waals surface area contributed by atoms with Crippen LogP contribution in [0.5, 0.6) is 0 Å². The third-order valence-corrected chi connectivity index (χ3v) is 2.43. The molecule has 0 bridgehead atoms. The quantitative estimate of drug-likeness (QED) is 0.893. The van der Waals surface area contributed by atoms with Gasteiger partial charge >= 0.3 is 6.18 Å². The van der Waals surface area contributed by atoms with Crippen LogP contribution >= 0.6 is 12.4 Å². The van der Waals surface area contributed by atoms with Crippen LogP contribution in [-0.4, -0.2) is 5.91 Å². The van der Waals surface area contributed by atoms with Gasteiger partial charge in [-0.3, -0.25) is 4.79 Å². The van der Waals surface area contributed by atoms with Gasteiger partial charge in [0.05, 0.1) is 5.56 Å². The van der Waals surface area contributed by atoms with Gasteiger partial charge in [0.1, 0.15) is 0 Å². The summed E-state index contributed by atoms with van der Waals surface area (Å²) in [6.45, 7) is 3.70. The van der Waals surface area contributed by atoms with Crippen molar-refractivity contribution in [2.24, 2.45) is 11.7 Å². The lowest BCUT2D eigenvalue weighted by atomic mass is 10.1. The number of benzene rings is 1. The summed E-state index contributed by atoms with van der Waals surface area (Å²) in [5.74, 6) is -0.169. The largest absolute Gasteiger partial charge is 0.416 e. The van der Waals surface area contributed by atoms with Crippen molar-refractivity contribution < 1.29 is 18.0 Å². The Balaban J connectivity index is 0.00000361. The molecule has 7 heteroatoms. The van der Waals surface area contributed by atoms with E-state index in [1.807, 2.05) is 13.8 Å². The van der Waals surface area contributed by atoms with Crippen molar-refractivity contribution in [1.29, 1.82) is 0 Å². The highest BCUT2D eigenvalue weighted by molar-refractivity contribution is 5.91. The standard InChI is InChI=1S/C13H17F3N2O.ClH/c1-8(2)3-12(19)18-11-5-9(7-17)4-10(6-11)13(14,15)16;/h4-6,8H,3,7,17H2,1-2H3,(H,18,19);1H. The minimum absolute atomic E-state index is 0. The van der Waals surface area contributed by atoms with Crippen molar-refractivity contribution in [3.63, 3.8) is 0 Å². The maximum Gasteiger partial charge on any atom is 0.416 e. The molecular formula is C13H18ClF3N2O. The third-order valence-electron chi connectivity index (χ3n) is 2.43. The van der Waals surface area contributed by atoms with E-state index in [1.165, 1.54) is 6.07 Å². The second kappa shape index (κ2) is 7.50. The van der Waals surface area contributed by atoms with E-state index in [2.05, 4.69) is 5.32 Å². The van der Waals surface area contributed by atoms with E-state index >= 15 is 0 Å². The van der Waals surface area contributed by atoms with Crippen LogP contribution in [-0.2, 0) is 17.5 Å². The number of nitrogens with one attached hydrogen (secondary N) is 1. The summed E-state index contributed by atoms with van der Waals surface area (Å²) < 4.78 is 38.0. The fourth-order valence-corrected chi connectivity index (χ4v) is 1.63. The molecule has 1 rings (SSSR count). The summed E-state index contributed by atoms with van der Waals surface area (Å²) in [4.78, 5) is 11.6. The van der Waals surface area contributed by atoms with Crippen molar-refractivity contribution in [1.82, 2.24) is 0 Å². The molecule has 0 unspecified atom stereocenters. The molecule has 0 aliphatic rings. The Kier molecular flexibility index (Phi) is 7.02. The fourth-order valence-electron chi connectivity index (χ4n) is 1.63. The van der Waals surface area contributed by atoms with Crippen molar-refractivity contribution in [2.45, 2.75) is 33.0 Å². The third kappa shape index (κ3) is 5.79. The SMILES string of the molecule is CC(C)CC(=O)Nc1cc(CN)cc(C(F)(F)F)c1.Cl. The van der Waals surface area contributed by atoms with Crippen LogP contribution in [0.1, 0.15) is 31.4 Å². The van der Waals surface area contributed by atoms with Crippen LogP contribution in [0.15, 0.2) is 18.2 Å². The van der Waals surface area contributed by atoms with Crippen molar-refractivity contribution in [3.8, 4) is 0 Å². The Morgan fingerprint density at radius 2 is 1.90 bits per heavy atom. The van der Waals surface area contributed by atoms with Crippen LogP contribution in [0.4, 0.5) is 18.9 Å². The van der Waals surface area contributed by atoms with Gasteiger partial charge in [0.25, 0.3) is 0 Å². The van der Waals surface area contributed by atoms with Crippen molar-refractivity contribution in [2.75, 3.05) is 5.32 Å². The summed E-state index contributed by atoms with van der Waals surface area (Å²) >= 11 is 0. The molecule has 0 saturated carbocycles. The summed E-state index contributed by atoms with van der Waals surface area (Å²) in [7, 11) is 0. The minimum atomic E-state index is -4.46. The van der Waals surface area contributed by atoms with E-state index in [0.717, 1.165) is 12.1 Å². The predicted molar refractivity (Wildman–Crippen MR) is 74.7 cm³/mol. The number of alkyl halides is 3. The average Bonchev–Trinajstić information content (AvgIpc) is 2.25. The van der Waals surface area contributed by atoms with Gasteiger partial charge in [0, 0.05) is 18.7 Å². The summed E-state index contributed by atoms with van der Waals surface area (Å²) in [6, 6.07) is 3.35. The van der Waals surface area contributed by atoms with Crippen LogP contribution < -0.4 is 11.1 Å². The van der Waals surface area contributed by atoms with E-state index < -0.39 is 11.7 Å². The highest BCUT2D eigenvalue weighted by atomic mass is 35.5. The molecule has 114 valence electrons. The maximum atomic E-state index is 12.7. The van der Waals surface area contributed by atoms with Gasteiger partial charge in [-0.1, -0.05) is 13.8 Å². The Morgan fingerprint density at radius 3 is 2.35 bits per heavy atom. The van der Waals surface area contributed by atoms with Gasteiger partial charge in [-0.05, 0) is 29.7 Å². The summed E-state index contributed by atoms with van der Waals surface area (Å²) in [5.41, 5.74) is 5.01.